The second kappa shape index (κ2) is 5.58. The normalized spacial score (nSPS) is 41.9. The summed E-state index contributed by atoms with van der Waals surface area (Å²) in [6, 6.07) is 9.86. The first-order valence-electron chi connectivity index (χ1n) is 8.16. The van der Waals surface area contributed by atoms with Crippen molar-refractivity contribution in [3.63, 3.8) is 0 Å². The maximum Gasteiger partial charge on any atom is 0.122 e. The molecule has 0 unspecified atom stereocenters. The Bertz CT molecular complexity index is 517. The first kappa shape index (κ1) is 14.6. The largest absolute Gasteiger partial charge is 0.390 e. The maximum atomic E-state index is 10.9. The molecular weight excluding hydrogens is 282 g/mol. The molecule has 0 amide bonds. The number of ether oxygens (including phenoxy) is 1. The van der Waals surface area contributed by atoms with Crippen LogP contribution in [0.1, 0.15) is 24.8 Å². The number of nitrogens with zero attached hydrogens (tertiary/aromatic N) is 1. The van der Waals surface area contributed by atoms with E-state index in [2.05, 4.69) is 0 Å². The molecule has 0 radical (unpaired) electrons. The van der Waals surface area contributed by atoms with Crippen molar-refractivity contribution >= 4 is 0 Å². The number of fused-ring (bicyclic) bond motifs is 1. The average molecular weight is 305 g/mol. The van der Waals surface area contributed by atoms with Crippen LogP contribution in [0.3, 0.4) is 0 Å². The quantitative estimate of drug-likeness (QED) is 0.856. The number of benzene rings is 1. The Labute approximate surface area is 130 Å². The van der Waals surface area contributed by atoms with Crippen molar-refractivity contribution in [2.45, 2.75) is 49.7 Å². The van der Waals surface area contributed by atoms with Gasteiger partial charge in [0, 0.05) is 19.1 Å². The number of aliphatic hydroxyl groups is 2. The van der Waals surface area contributed by atoms with Gasteiger partial charge in [-0.1, -0.05) is 30.3 Å². The van der Waals surface area contributed by atoms with Crippen LogP contribution in [0.15, 0.2) is 30.3 Å². The Morgan fingerprint density at radius 2 is 1.95 bits per heavy atom. The van der Waals surface area contributed by atoms with Gasteiger partial charge in [0.1, 0.15) is 11.7 Å². The molecule has 0 aromatic heterocycles. The SMILES string of the molecule is O[C@@H]1[C@H]2CON(Cc3ccccc3)[C@H]2[C@H](O)[C@@]12CCCCO2. The Balaban J connectivity index is 1.56. The van der Waals surface area contributed by atoms with Crippen molar-refractivity contribution in [3.05, 3.63) is 35.9 Å². The van der Waals surface area contributed by atoms with Crippen molar-refractivity contribution in [2.24, 2.45) is 5.92 Å². The lowest BCUT2D eigenvalue weighted by atomic mass is 9.87. The molecule has 1 aliphatic carbocycles. The molecule has 3 aliphatic rings. The molecule has 5 nitrogen and oxygen atoms in total. The second-order valence-corrected chi connectivity index (χ2v) is 6.66. The Morgan fingerprint density at radius 1 is 1.14 bits per heavy atom. The predicted octanol–water partition coefficient (Wildman–Crippen LogP) is 1.09. The topological polar surface area (TPSA) is 62.2 Å². The zero-order chi connectivity index (χ0) is 15.2. The second-order valence-electron chi connectivity index (χ2n) is 6.66. The van der Waals surface area contributed by atoms with E-state index in [-0.39, 0.29) is 12.0 Å². The highest BCUT2D eigenvalue weighted by Gasteiger charge is 2.64. The van der Waals surface area contributed by atoms with Gasteiger partial charge in [-0.05, 0) is 24.8 Å². The van der Waals surface area contributed by atoms with Crippen LogP contribution < -0.4 is 0 Å². The van der Waals surface area contributed by atoms with E-state index in [1.165, 1.54) is 0 Å². The minimum Gasteiger partial charge on any atom is -0.390 e. The van der Waals surface area contributed by atoms with Crippen LogP contribution in [-0.4, -0.2) is 52.3 Å². The van der Waals surface area contributed by atoms with E-state index in [0.717, 1.165) is 24.8 Å². The van der Waals surface area contributed by atoms with Crippen LogP contribution in [0.5, 0.6) is 0 Å². The van der Waals surface area contributed by atoms with Gasteiger partial charge in [-0.3, -0.25) is 4.84 Å². The molecule has 4 rings (SSSR count). The molecule has 5 atom stereocenters. The van der Waals surface area contributed by atoms with Gasteiger partial charge in [-0.2, -0.15) is 5.06 Å². The number of aliphatic hydroxyl groups excluding tert-OH is 2. The highest BCUT2D eigenvalue weighted by Crippen LogP contribution is 2.48. The molecular formula is C17H23NO4. The third-order valence-electron chi connectivity index (χ3n) is 5.45. The lowest BCUT2D eigenvalue weighted by molar-refractivity contribution is -0.219. The minimum atomic E-state index is -0.799. The van der Waals surface area contributed by atoms with Crippen molar-refractivity contribution < 1.29 is 19.8 Å². The molecule has 1 saturated carbocycles. The highest BCUT2D eigenvalue weighted by molar-refractivity contribution is 5.18. The molecule has 2 N–H and O–H groups in total. The fourth-order valence-electron chi connectivity index (χ4n) is 4.29. The molecule has 5 heteroatoms. The van der Waals surface area contributed by atoms with E-state index < -0.39 is 17.8 Å². The number of rotatable bonds is 2. The molecule has 1 spiro atoms. The van der Waals surface area contributed by atoms with Crippen molar-refractivity contribution in [3.8, 4) is 0 Å². The first-order chi connectivity index (χ1) is 10.7. The molecule has 1 aromatic rings. The summed E-state index contributed by atoms with van der Waals surface area (Å²) in [5.74, 6) is -0.0863. The number of hydrogen-bond acceptors (Lipinski definition) is 5. The van der Waals surface area contributed by atoms with Gasteiger partial charge < -0.3 is 14.9 Å². The van der Waals surface area contributed by atoms with Gasteiger partial charge in [0.2, 0.25) is 0 Å². The summed E-state index contributed by atoms with van der Waals surface area (Å²) in [4.78, 5) is 5.76. The molecule has 2 saturated heterocycles. The van der Waals surface area contributed by atoms with Crippen LogP contribution in [0.2, 0.25) is 0 Å². The van der Waals surface area contributed by atoms with Gasteiger partial charge in [0.25, 0.3) is 0 Å². The Morgan fingerprint density at radius 3 is 2.68 bits per heavy atom. The Hall–Kier alpha value is -0.980. The lowest BCUT2D eigenvalue weighted by Gasteiger charge is -2.41. The standard InChI is InChI=1S/C17H23NO4/c19-15-13-11-22-18(10-12-6-2-1-3-7-12)14(13)16(20)17(15)8-4-5-9-21-17/h1-3,6-7,13-16,19-20H,4-5,8-11H2/t13-,14+,15+,16-,17+/m0/s1. The van der Waals surface area contributed by atoms with Crippen molar-refractivity contribution in [1.82, 2.24) is 5.06 Å². The van der Waals surface area contributed by atoms with E-state index in [9.17, 15) is 10.2 Å². The molecule has 120 valence electrons. The van der Waals surface area contributed by atoms with Crippen LogP contribution in [0, 0.1) is 5.92 Å². The molecule has 22 heavy (non-hydrogen) atoms. The summed E-state index contributed by atoms with van der Waals surface area (Å²) in [5.41, 5.74) is 0.335. The van der Waals surface area contributed by atoms with E-state index in [1.54, 1.807) is 0 Å². The summed E-state index contributed by atoms with van der Waals surface area (Å²) in [5, 5.41) is 23.5. The summed E-state index contributed by atoms with van der Waals surface area (Å²) >= 11 is 0. The van der Waals surface area contributed by atoms with Gasteiger partial charge in [0.05, 0.1) is 18.8 Å². The van der Waals surface area contributed by atoms with Crippen LogP contribution in [-0.2, 0) is 16.1 Å². The monoisotopic (exact) mass is 305 g/mol. The first-order valence-corrected chi connectivity index (χ1v) is 8.16. The molecule has 2 heterocycles. The van der Waals surface area contributed by atoms with Gasteiger partial charge in [-0.15, -0.1) is 0 Å². The molecule has 3 fully saturated rings. The fraction of sp³-hybridized carbons (Fsp3) is 0.647. The zero-order valence-corrected chi connectivity index (χ0v) is 12.6. The summed E-state index contributed by atoms with van der Waals surface area (Å²) < 4.78 is 5.90. The molecule has 2 aliphatic heterocycles. The highest BCUT2D eigenvalue weighted by atomic mass is 16.7. The number of hydrogen-bond donors (Lipinski definition) is 2. The van der Waals surface area contributed by atoms with Crippen LogP contribution in [0.25, 0.3) is 0 Å². The third kappa shape index (κ3) is 2.12. The van der Waals surface area contributed by atoms with E-state index >= 15 is 0 Å². The Kier molecular flexibility index (Phi) is 3.71. The van der Waals surface area contributed by atoms with E-state index in [4.69, 9.17) is 9.57 Å². The predicted molar refractivity (Wildman–Crippen MR) is 79.8 cm³/mol. The van der Waals surface area contributed by atoms with Gasteiger partial charge in [0.15, 0.2) is 0 Å². The van der Waals surface area contributed by atoms with E-state index in [1.807, 2.05) is 35.4 Å². The summed E-state index contributed by atoms with van der Waals surface area (Å²) in [6.45, 7) is 1.68. The summed E-state index contributed by atoms with van der Waals surface area (Å²) in [6.07, 6.45) is 1.35. The lowest BCUT2D eigenvalue weighted by Crippen LogP contribution is -2.54. The average Bonchev–Trinajstić information content (AvgIpc) is 3.05. The van der Waals surface area contributed by atoms with Crippen molar-refractivity contribution in [2.75, 3.05) is 13.2 Å². The summed E-state index contributed by atoms with van der Waals surface area (Å²) in [7, 11) is 0. The zero-order valence-electron chi connectivity index (χ0n) is 12.6. The van der Waals surface area contributed by atoms with Crippen LogP contribution >= 0.6 is 0 Å². The van der Waals surface area contributed by atoms with Crippen LogP contribution in [0.4, 0.5) is 0 Å². The minimum absolute atomic E-state index is 0.0863. The maximum absolute atomic E-state index is 10.9. The van der Waals surface area contributed by atoms with Gasteiger partial charge in [-0.25, -0.2) is 0 Å². The van der Waals surface area contributed by atoms with Crippen molar-refractivity contribution in [1.29, 1.82) is 0 Å². The van der Waals surface area contributed by atoms with E-state index in [0.29, 0.717) is 19.8 Å². The van der Waals surface area contributed by atoms with Gasteiger partial charge >= 0.3 is 0 Å². The third-order valence-corrected chi connectivity index (χ3v) is 5.45. The smallest absolute Gasteiger partial charge is 0.122 e. The fourth-order valence-corrected chi connectivity index (χ4v) is 4.29. The molecule has 1 aromatic carbocycles. The molecule has 0 bridgehead atoms. The number of hydroxylamine groups is 2.